The van der Waals surface area contributed by atoms with Gasteiger partial charge in [0.15, 0.2) is 11.6 Å². The molecule has 0 aromatic heterocycles. The van der Waals surface area contributed by atoms with E-state index in [1.54, 1.807) is 37.3 Å². The Hall–Kier alpha value is -1.58. The van der Waals surface area contributed by atoms with Crippen LogP contribution >= 0.6 is 11.6 Å². The van der Waals surface area contributed by atoms with E-state index in [-0.39, 0.29) is 12.2 Å². The van der Waals surface area contributed by atoms with Crippen LogP contribution in [0.5, 0.6) is 5.75 Å². The summed E-state index contributed by atoms with van der Waals surface area (Å²) >= 11 is 5.84. The molecule has 1 atom stereocenters. The van der Waals surface area contributed by atoms with Crippen LogP contribution in [0, 0.1) is 5.82 Å². The van der Waals surface area contributed by atoms with Crippen LogP contribution in [0.4, 0.5) is 4.39 Å². The lowest BCUT2D eigenvalue weighted by Gasteiger charge is -2.24. The number of aliphatic hydroxyl groups is 1. The predicted molar refractivity (Wildman–Crippen MR) is 82.4 cm³/mol. The Morgan fingerprint density at radius 3 is 2.43 bits per heavy atom. The van der Waals surface area contributed by atoms with Crippen molar-refractivity contribution in [1.29, 1.82) is 0 Å². The van der Waals surface area contributed by atoms with Gasteiger partial charge in [0.05, 0.1) is 12.7 Å². The molecule has 2 aromatic rings. The van der Waals surface area contributed by atoms with Crippen LogP contribution in [0.25, 0.3) is 0 Å². The van der Waals surface area contributed by atoms with Gasteiger partial charge in [0.2, 0.25) is 0 Å². The Labute approximate surface area is 129 Å². The summed E-state index contributed by atoms with van der Waals surface area (Å²) in [7, 11) is 1.42. The average Bonchev–Trinajstić information content (AvgIpc) is 2.43. The molecular formula is C17H18ClFO2. The minimum absolute atomic E-state index is 0.190. The van der Waals surface area contributed by atoms with Gasteiger partial charge in [-0.05, 0) is 36.2 Å². The van der Waals surface area contributed by atoms with Crippen molar-refractivity contribution >= 4 is 11.6 Å². The first-order valence-electron chi connectivity index (χ1n) is 6.69. The van der Waals surface area contributed by atoms with Crippen molar-refractivity contribution in [2.45, 2.75) is 25.4 Å². The number of hydrogen-bond acceptors (Lipinski definition) is 2. The highest BCUT2D eigenvalue weighted by Crippen LogP contribution is 2.25. The molecule has 0 fully saturated rings. The molecular weight excluding hydrogens is 291 g/mol. The van der Waals surface area contributed by atoms with Crippen molar-refractivity contribution in [1.82, 2.24) is 0 Å². The summed E-state index contributed by atoms with van der Waals surface area (Å²) in [6, 6.07) is 12.2. The zero-order valence-electron chi connectivity index (χ0n) is 12.1. The smallest absolute Gasteiger partial charge is 0.168 e. The molecule has 0 amide bonds. The summed E-state index contributed by atoms with van der Waals surface area (Å²) in [5.41, 5.74) is 0.335. The van der Waals surface area contributed by atoms with E-state index < -0.39 is 11.4 Å². The second kappa shape index (κ2) is 6.46. The number of benzene rings is 2. The van der Waals surface area contributed by atoms with Gasteiger partial charge in [0.25, 0.3) is 0 Å². The predicted octanol–water partition coefficient (Wildman–Crippen LogP) is 4.02. The number of methoxy groups -OCH3 is 1. The van der Waals surface area contributed by atoms with Crippen LogP contribution in [0.1, 0.15) is 18.1 Å². The summed E-state index contributed by atoms with van der Waals surface area (Å²) in [5.74, 6) is -0.230. The molecule has 0 saturated heterocycles. The Morgan fingerprint density at radius 1 is 1.14 bits per heavy atom. The molecule has 0 spiro atoms. The summed E-state index contributed by atoms with van der Waals surface area (Å²) in [5, 5.41) is 11.2. The van der Waals surface area contributed by atoms with Gasteiger partial charge in [-0.25, -0.2) is 4.39 Å². The van der Waals surface area contributed by atoms with Crippen molar-refractivity contribution < 1.29 is 14.2 Å². The molecule has 2 rings (SSSR count). The molecule has 1 N–H and O–H groups in total. The van der Waals surface area contributed by atoms with Crippen molar-refractivity contribution in [3.05, 3.63) is 64.4 Å². The van der Waals surface area contributed by atoms with Gasteiger partial charge in [0, 0.05) is 17.9 Å². The Morgan fingerprint density at radius 2 is 1.81 bits per heavy atom. The minimum Gasteiger partial charge on any atom is -0.494 e. The van der Waals surface area contributed by atoms with Gasteiger partial charge in [-0.1, -0.05) is 35.9 Å². The lowest BCUT2D eigenvalue weighted by atomic mass is 9.89. The molecule has 2 aromatic carbocycles. The van der Waals surface area contributed by atoms with Gasteiger partial charge < -0.3 is 9.84 Å². The minimum atomic E-state index is -1.05. The number of halogens is 2. The largest absolute Gasteiger partial charge is 0.494 e. The zero-order valence-corrected chi connectivity index (χ0v) is 12.8. The van der Waals surface area contributed by atoms with Crippen molar-refractivity contribution in [3.63, 3.8) is 0 Å². The Bertz CT molecular complexity index is 609. The monoisotopic (exact) mass is 308 g/mol. The SMILES string of the molecule is COc1cccc(CC(C)(O)Cc2ccc(Cl)cc2)c1F. The van der Waals surface area contributed by atoms with Gasteiger partial charge in [-0.15, -0.1) is 0 Å². The molecule has 0 bridgehead atoms. The standard InChI is InChI=1S/C17H18ClFO2/c1-17(20,10-12-6-8-14(18)9-7-12)11-13-4-3-5-15(21-2)16(13)19/h3-9,20H,10-11H2,1-2H3. The quantitative estimate of drug-likeness (QED) is 0.904. The Balaban J connectivity index is 2.15. The van der Waals surface area contributed by atoms with Gasteiger partial charge in [0.1, 0.15) is 0 Å². The number of hydrogen-bond donors (Lipinski definition) is 1. The lowest BCUT2D eigenvalue weighted by Crippen LogP contribution is -2.30. The van der Waals surface area contributed by atoms with Crippen LogP contribution in [0.3, 0.4) is 0 Å². The van der Waals surface area contributed by atoms with E-state index in [0.29, 0.717) is 17.0 Å². The van der Waals surface area contributed by atoms with Gasteiger partial charge >= 0.3 is 0 Å². The summed E-state index contributed by atoms with van der Waals surface area (Å²) < 4.78 is 19.1. The third kappa shape index (κ3) is 4.19. The fourth-order valence-corrected chi connectivity index (χ4v) is 2.49. The molecule has 0 saturated carbocycles. The van der Waals surface area contributed by atoms with Crippen LogP contribution < -0.4 is 4.74 Å². The fourth-order valence-electron chi connectivity index (χ4n) is 2.37. The second-order valence-corrected chi connectivity index (χ2v) is 5.85. The molecule has 0 aliphatic heterocycles. The highest BCUT2D eigenvalue weighted by atomic mass is 35.5. The van der Waals surface area contributed by atoms with E-state index in [4.69, 9.17) is 16.3 Å². The van der Waals surface area contributed by atoms with Crippen molar-refractivity contribution in [3.8, 4) is 5.75 Å². The second-order valence-electron chi connectivity index (χ2n) is 5.41. The molecule has 0 heterocycles. The third-order valence-electron chi connectivity index (χ3n) is 3.33. The average molecular weight is 309 g/mol. The van der Waals surface area contributed by atoms with E-state index in [0.717, 1.165) is 5.56 Å². The first-order chi connectivity index (χ1) is 9.91. The third-order valence-corrected chi connectivity index (χ3v) is 3.58. The van der Waals surface area contributed by atoms with Gasteiger partial charge in [-0.3, -0.25) is 0 Å². The van der Waals surface area contributed by atoms with Crippen molar-refractivity contribution in [2.75, 3.05) is 7.11 Å². The molecule has 2 nitrogen and oxygen atoms in total. The van der Waals surface area contributed by atoms with Crippen LogP contribution in [0.2, 0.25) is 5.02 Å². The maximum atomic E-state index is 14.1. The summed E-state index contributed by atoms with van der Waals surface area (Å²) in [4.78, 5) is 0. The number of rotatable bonds is 5. The van der Waals surface area contributed by atoms with E-state index in [1.807, 2.05) is 12.1 Å². The molecule has 4 heteroatoms. The van der Waals surface area contributed by atoms with E-state index in [9.17, 15) is 9.50 Å². The first-order valence-corrected chi connectivity index (χ1v) is 7.07. The lowest BCUT2D eigenvalue weighted by molar-refractivity contribution is 0.0598. The van der Waals surface area contributed by atoms with Gasteiger partial charge in [-0.2, -0.15) is 0 Å². The highest BCUT2D eigenvalue weighted by Gasteiger charge is 2.24. The Kier molecular flexibility index (Phi) is 4.86. The van der Waals surface area contributed by atoms with E-state index >= 15 is 0 Å². The highest BCUT2D eigenvalue weighted by molar-refractivity contribution is 6.30. The fraction of sp³-hybridized carbons (Fsp3) is 0.294. The molecule has 112 valence electrons. The summed E-state index contributed by atoms with van der Waals surface area (Å²) in [6.07, 6.45) is 0.624. The molecule has 21 heavy (non-hydrogen) atoms. The van der Waals surface area contributed by atoms with Crippen LogP contribution in [0.15, 0.2) is 42.5 Å². The van der Waals surface area contributed by atoms with E-state index in [2.05, 4.69) is 0 Å². The molecule has 0 aliphatic carbocycles. The normalized spacial score (nSPS) is 13.8. The topological polar surface area (TPSA) is 29.5 Å². The molecule has 0 radical (unpaired) electrons. The molecule has 1 unspecified atom stereocenters. The molecule has 0 aliphatic rings. The zero-order chi connectivity index (χ0) is 15.5. The van der Waals surface area contributed by atoms with Crippen LogP contribution in [-0.2, 0) is 12.8 Å². The van der Waals surface area contributed by atoms with Crippen LogP contribution in [-0.4, -0.2) is 17.8 Å². The first kappa shape index (κ1) is 15.8. The van der Waals surface area contributed by atoms with Crippen molar-refractivity contribution in [2.24, 2.45) is 0 Å². The maximum absolute atomic E-state index is 14.1. The number of ether oxygens (including phenoxy) is 1. The van der Waals surface area contributed by atoms with E-state index in [1.165, 1.54) is 7.11 Å². The summed E-state index contributed by atoms with van der Waals surface area (Å²) in [6.45, 7) is 1.69. The maximum Gasteiger partial charge on any atom is 0.168 e.